The first-order chi connectivity index (χ1) is 10.6. The molecule has 2 aromatic carbocycles. The minimum Gasteiger partial charge on any atom is -0.455 e. The molecule has 0 aliphatic rings. The first-order valence-electron chi connectivity index (χ1n) is 6.60. The van der Waals surface area contributed by atoms with Gasteiger partial charge in [-0.3, -0.25) is 10.1 Å². The lowest BCUT2D eigenvalue weighted by atomic mass is 10.2. The molecule has 1 N–H and O–H groups in total. The van der Waals surface area contributed by atoms with Crippen LogP contribution in [0.3, 0.4) is 0 Å². The van der Waals surface area contributed by atoms with Gasteiger partial charge in [-0.2, -0.15) is 0 Å². The molecule has 6 heteroatoms. The second-order valence-electron chi connectivity index (χ2n) is 4.25. The van der Waals surface area contributed by atoms with Gasteiger partial charge in [0.1, 0.15) is 5.75 Å². The molecule has 22 heavy (non-hydrogen) atoms. The summed E-state index contributed by atoms with van der Waals surface area (Å²) in [5.74, 6) is 0.972. The summed E-state index contributed by atoms with van der Waals surface area (Å²) >= 11 is 5.46. The number of benzene rings is 2. The third-order valence-corrected chi connectivity index (χ3v) is 2.91. The van der Waals surface area contributed by atoms with Gasteiger partial charge in [0, 0.05) is 5.56 Å². The highest BCUT2D eigenvalue weighted by Crippen LogP contribution is 2.31. The molecule has 0 aliphatic carbocycles. The van der Waals surface area contributed by atoms with E-state index in [1.54, 1.807) is 25.1 Å². The van der Waals surface area contributed by atoms with Gasteiger partial charge >= 0.3 is 6.09 Å². The highest BCUT2D eigenvalue weighted by atomic mass is 35.5. The third kappa shape index (κ3) is 4.23. The van der Waals surface area contributed by atoms with Crippen LogP contribution in [0.15, 0.2) is 48.5 Å². The number of rotatable bonds is 5. The molecule has 0 radical (unpaired) electrons. The molecular formula is C16H14ClNO4. The summed E-state index contributed by atoms with van der Waals surface area (Å²) in [6.07, 6.45) is -0.639. The van der Waals surface area contributed by atoms with E-state index >= 15 is 0 Å². The zero-order chi connectivity index (χ0) is 15.9. The molecule has 0 saturated heterocycles. The van der Waals surface area contributed by atoms with Gasteiger partial charge < -0.3 is 9.47 Å². The number of nitrogens with one attached hydrogen (secondary N) is 1. The maximum atomic E-state index is 11.6. The van der Waals surface area contributed by atoms with Crippen molar-refractivity contribution in [1.29, 1.82) is 0 Å². The normalized spacial score (nSPS) is 9.91. The fourth-order valence-electron chi connectivity index (χ4n) is 1.73. The van der Waals surface area contributed by atoms with Crippen LogP contribution in [-0.2, 0) is 4.74 Å². The van der Waals surface area contributed by atoms with Crippen molar-refractivity contribution >= 4 is 28.6 Å². The Morgan fingerprint density at radius 2 is 1.86 bits per heavy atom. The van der Waals surface area contributed by atoms with Crippen LogP contribution in [-0.4, -0.2) is 17.9 Å². The standard InChI is InChI=1S/C16H14ClNO4/c1-2-21-16(20)18-13-10-11(15(17)19)8-9-14(13)22-12-6-4-3-5-7-12/h3-10H,2H2,1H3,(H,18,20). The first-order valence-corrected chi connectivity index (χ1v) is 6.98. The molecule has 2 rings (SSSR count). The second-order valence-corrected chi connectivity index (χ2v) is 4.59. The summed E-state index contributed by atoms with van der Waals surface area (Å²) < 4.78 is 10.5. The fraction of sp³-hybridized carbons (Fsp3) is 0.125. The van der Waals surface area contributed by atoms with Crippen LogP contribution in [0.1, 0.15) is 17.3 Å². The number of halogens is 1. The number of hydrogen-bond donors (Lipinski definition) is 1. The van der Waals surface area contributed by atoms with E-state index in [1.165, 1.54) is 12.1 Å². The average molecular weight is 320 g/mol. The number of hydrogen-bond acceptors (Lipinski definition) is 4. The van der Waals surface area contributed by atoms with Crippen molar-refractivity contribution in [2.45, 2.75) is 6.92 Å². The monoisotopic (exact) mass is 319 g/mol. The lowest BCUT2D eigenvalue weighted by Crippen LogP contribution is -2.14. The Hall–Kier alpha value is -2.53. The number of amides is 1. The largest absolute Gasteiger partial charge is 0.455 e. The zero-order valence-corrected chi connectivity index (χ0v) is 12.6. The van der Waals surface area contributed by atoms with Crippen LogP contribution in [0, 0.1) is 0 Å². The third-order valence-electron chi connectivity index (χ3n) is 2.69. The molecule has 0 heterocycles. The highest BCUT2D eigenvalue weighted by molar-refractivity contribution is 6.67. The van der Waals surface area contributed by atoms with E-state index in [-0.39, 0.29) is 12.2 Å². The number of carbonyl (C=O) groups is 2. The minimum atomic E-state index is -0.639. The molecule has 0 atom stereocenters. The van der Waals surface area contributed by atoms with Gasteiger partial charge in [0.2, 0.25) is 0 Å². The van der Waals surface area contributed by atoms with Crippen LogP contribution in [0.2, 0.25) is 0 Å². The molecule has 0 aromatic heterocycles. The van der Waals surface area contributed by atoms with Crippen molar-refractivity contribution in [3.05, 3.63) is 54.1 Å². The molecule has 114 valence electrons. The Bertz CT molecular complexity index is 673. The molecule has 0 spiro atoms. The van der Waals surface area contributed by atoms with Crippen molar-refractivity contribution in [2.75, 3.05) is 11.9 Å². The number of carbonyl (C=O) groups excluding carboxylic acids is 2. The number of ether oxygens (including phenoxy) is 2. The Morgan fingerprint density at radius 3 is 2.50 bits per heavy atom. The van der Waals surface area contributed by atoms with Crippen LogP contribution in [0.25, 0.3) is 0 Å². The van der Waals surface area contributed by atoms with Crippen LogP contribution >= 0.6 is 11.6 Å². The molecule has 0 unspecified atom stereocenters. The summed E-state index contributed by atoms with van der Waals surface area (Å²) in [5.41, 5.74) is 0.544. The predicted octanol–water partition coefficient (Wildman–Crippen LogP) is 4.43. The Labute approximate surface area is 132 Å². The van der Waals surface area contributed by atoms with E-state index in [0.717, 1.165) is 0 Å². The summed E-state index contributed by atoms with van der Waals surface area (Å²) in [5, 5.41) is 1.90. The van der Waals surface area contributed by atoms with Gasteiger partial charge in [0.05, 0.1) is 12.3 Å². The summed E-state index contributed by atoms with van der Waals surface area (Å²) in [6, 6.07) is 13.6. The molecule has 1 amide bonds. The SMILES string of the molecule is CCOC(=O)Nc1cc(C(=O)Cl)ccc1Oc1ccccc1. The number of anilines is 1. The summed E-state index contributed by atoms with van der Waals surface area (Å²) in [6.45, 7) is 1.93. The molecular weight excluding hydrogens is 306 g/mol. The Kier molecular flexibility index (Phi) is 5.38. The lowest BCUT2D eigenvalue weighted by molar-refractivity contribution is 0.108. The van der Waals surface area contributed by atoms with Gasteiger partial charge in [0.15, 0.2) is 5.75 Å². The minimum absolute atomic E-state index is 0.231. The topological polar surface area (TPSA) is 64.6 Å². The van der Waals surface area contributed by atoms with Crippen LogP contribution < -0.4 is 10.1 Å². The molecule has 5 nitrogen and oxygen atoms in total. The predicted molar refractivity (Wildman–Crippen MR) is 83.8 cm³/mol. The smallest absolute Gasteiger partial charge is 0.411 e. The van der Waals surface area contributed by atoms with E-state index in [2.05, 4.69) is 5.32 Å². The molecule has 2 aromatic rings. The van der Waals surface area contributed by atoms with Gasteiger partial charge in [-0.15, -0.1) is 0 Å². The second kappa shape index (κ2) is 7.47. The van der Waals surface area contributed by atoms with Gasteiger partial charge in [-0.25, -0.2) is 4.79 Å². The first kappa shape index (κ1) is 15.9. The highest BCUT2D eigenvalue weighted by Gasteiger charge is 2.13. The van der Waals surface area contributed by atoms with E-state index < -0.39 is 11.3 Å². The van der Waals surface area contributed by atoms with Gasteiger partial charge in [0.25, 0.3) is 5.24 Å². The fourth-order valence-corrected chi connectivity index (χ4v) is 1.85. The van der Waals surface area contributed by atoms with E-state index in [4.69, 9.17) is 21.1 Å². The Morgan fingerprint density at radius 1 is 1.14 bits per heavy atom. The maximum Gasteiger partial charge on any atom is 0.411 e. The van der Waals surface area contributed by atoms with Crippen molar-refractivity contribution in [1.82, 2.24) is 0 Å². The van der Waals surface area contributed by atoms with E-state index in [9.17, 15) is 9.59 Å². The van der Waals surface area contributed by atoms with E-state index in [0.29, 0.717) is 17.2 Å². The molecule has 0 bridgehead atoms. The number of para-hydroxylation sites is 1. The zero-order valence-electron chi connectivity index (χ0n) is 11.8. The van der Waals surface area contributed by atoms with Crippen molar-refractivity contribution < 1.29 is 19.1 Å². The molecule has 0 saturated carbocycles. The van der Waals surface area contributed by atoms with Gasteiger partial charge in [-0.05, 0) is 48.9 Å². The van der Waals surface area contributed by atoms with Crippen LogP contribution in [0.4, 0.5) is 10.5 Å². The van der Waals surface area contributed by atoms with Crippen LogP contribution in [0.5, 0.6) is 11.5 Å². The summed E-state index contributed by atoms with van der Waals surface area (Å²) in [7, 11) is 0. The van der Waals surface area contributed by atoms with Gasteiger partial charge in [-0.1, -0.05) is 18.2 Å². The Balaban J connectivity index is 2.30. The maximum absolute atomic E-state index is 11.6. The quantitative estimate of drug-likeness (QED) is 0.828. The van der Waals surface area contributed by atoms with E-state index in [1.807, 2.05) is 18.2 Å². The molecule has 0 fully saturated rings. The molecule has 0 aliphatic heterocycles. The average Bonchev–Trinajstić information content (AvgIpc) is 2.50. The lowest BCUT2D eigenvalue weighted by Gasteiger charge is -2.13. The van der Waals surface area contributed by atoms with Crippen molar-refractivity contribution in [3.63, 3.8) is 0 Å². The van der Waals surface area contributed by atoms with Crippen molar-refractivity contribution in [2.24, 2.45) is 0 Å². The summed E-state index contributed by atoms with van der Waals surface area (Å²) in [4.78, 5) is 22.9. The van der Waals surface area contributed by atoms with Crippen molar-refractivity contribution in [3.8, 4) is 11.5 Å².